The van der Waals surface area contributed by atoms with E-state index < -0.39 is 17.5 Å². The second-order valence-corrected chi connectivity index (χ2v) is 5.26. The summed E-state index contributed by atoms with van der Waals surface area (Å²) < 4.78 is 38.0. The van der Waals surface area contributed by atoms with Gasteiger partial charge in [0.05, 0.1) is 0 Å². The third kappa shape index (κ3) is 2.66. The van der Waals surface area contributed by atoms with Crippen LogP contribution >= 0.6 is 0 Å². The quantitative estimate of drug-likeness (QED) is 0.918. The first-order valence-corrected chi connectivity index (χ1v) is 6.21. The fourth-order valence-corrected chi connectivity index (χ4v) is 2.26. The predicted octanol–water partition coefficient (Wildman–Crippen LogP) is 2.57. The molecule has 0 aliphatic heterocycles. The number of alkyl halides is 3. The number of carbonyl (C=O) groups excluding carboxylic acids is 1. The molecule has 0 amide bonds. The summed E-state index contributed by atoms with van der Waals surface area (Å²) >= 11 is 0. The molecule has 0 saturated heterocycles. The smallest absolute Gasteiger partial charge is 0.312 e. The van der Waals surface area contributed by atoms with Crippen molar-refractivity contribution in [3.8, 4) is 0 Å². The Morgan fingerprint density at radius 1 is 1.26 bits per heavy atom. The third-order valence-corrected chi connectivity index (χ3v) is 3.70. The van der Waals surface area contributed by atoms with Crippen LogP contribution in [-0.2, 0) is 24.1 Å². The van der Waals surface area contributed by atoms with Crippen molar-refractivity contribution in [2.75, 3.05) is 0 Å². The molecule has 0 saturated carbocycles. The molecule has 0 fully saturated rings. The lowest BCUT2D eigenvalue weighted by Crippen LogP contribution is -2.57. The number of Topliss-reactive ketones (excluding diaryl/α,β-unsaturated/α-hetero) is 1. The second kappa shape index (κ2) is 4.63. The van der Waals surface area contributed by atoms with Crippen LogP contribution < -0.4 is 5.73 Å². The van der Waals surface area contributed by atoms with Gasteiger partial charge in [0, 0.05) is 6.42 Å². The third-order valence-electron chi connectivity index (χ3n) is 3.70. The van der Waals surface area contributed by atoms with Crippen molar-refractivity contribution in [3.05, 3.63) is 34.9 Å². The van der Waals surface area contributed by atoms with Crippen molar-refractivity contribution in [3.63, 3.8) is 0 Å². The van der Waals surface area contributed by atoms with E-state index in [0.29, 0.717) is 5.56 Å². The highest BCUT2D eigenvalue weighted by Crippen LogP contribution is 2.30. The number of hydrogen-bond acceptors (Lipinski definition) is 2. The number of hydrogen-bond donors (Lipinski definition) is 1. The van der Waals surface area contributed by atoms with Gasteiger partial charge >= 0.3 is 6.18 Å². The minimum Gasteiger partial charge on any atom is -0.312 e. The summed E-state index contributed by atoms with van der Waals surface area (Å²) in [5.41, 5.74) is 5.30. The van der Waals surface area contributed by atoms with Crippen molar-refractivity contribution in [1.82, 2.24) is 0 Å². The highest BCUT2D eigenvalue weighted by Gasteiger charge is 2.53. The SMILES string of the molecule is CC(N)(C(=O)Cc1ccc2c(c1)CCC2)C(F)(F)F. The largest absolute Gasteiger partial charge is 0.413 e. The van der Waals surface area contributed by atoms with E-state index in [2.05, 4.69) is 0 Å². The fraction of sp³-hybridized carbons (Fsp3) is 0.500. The maximum Gasteiger partial charge on any atom is 0.413 e. The van der Waals surface area contributed by atoms with Crippen LogP contribution in [0.25, 0.3) is 0 Å². The first-order valence-electron chi connectivity index (χ1n) is 6.21. The van der Waals surface area contributed by atoms with E-state index in [4.69, 9.17) is 5.73 Å². The lowest BCUT2D eigenvalue weighted by Gasteiger charge is -2.26. The van der Waals surface area contributed by atoms with E-state index in [1.807, 2.05) is 12.1 Å². The van der Waals surface area contributed by atoms with E-state index >= 15 is 0 Å². The van der Waals surface area contributed by atoms with Crippen molar-refractivity contribution in [2.45, 2.75) is 44.3 Å². The Kier molecular flexibility index (Phi) is 3.43. The second-order valence-electron chi connectivity index (χ2n) is 5.26. The minimum atomic E-state index is -4.72. The molecule has 1 aliphatic carbocycles. The molecule has 0 heterocycles. The van der Waals surface area contributed by atoms with Crippen LogP contribution in [0, 0.1) is 0 Å². The predicted molar refractivity (Wildman–Crippen MR) is 65.8 cm³/mol. The van der Waals surface area contributed by atoms with Gasteiger partial charge in [0.2, 0.25) is 0 Å². The van der Waals surface area contributed by atoms with Crippen molar-refractivity contribution < 1.29 is 18.0 Å². The number of ketones is 1. The number of carbonyl (C=O) groups is 1. The number of halogens is 3. The molecule has 2 nitrogen and oxygen atoms in total. The number of nitrogens with two attached hydrogens (primary N) is 1. The van der Waals surface area contributed by atoms with Crippen molar-refractivity contribution in [1.29, 1.82) is 0 Å². The normalized spacial score (nSPS) is 17.9. The summed E-state index contributed by atoms with van der Waals surface area (Å²) in [6.45, 7) is 0.725. The Bertz CT molecular complexity index is 506. The average molecular weight is 271 g/mol. The Labute approximate surface area is 109 Å². The van der Waals surface area contributed by atoms with Crippen LogP contribution in [0.3, 0.4) is 0 Å². The minimum absolute atomic E-state index is 0.278. The molecule has 1 atom stereocenters. The highest BCUT2D eigenvalue weighted by molar-refractivity contribution is 5.90. The van der Waals surface area contributed by atoms with Crippen LogP contribution in [0.4, 0.5) is 13.2 Å². The molecule has 1 aliphatic rings. The molecule has 5 heteroatoms. The van der Waals surface area contributed by atoms with Gasteiger partial charge in [-0.05, 0) is 42.9 Å². The Morgan fingerprint density at radius 3 is 2.53 bits per heavy atom. The van der Waals surface area contributed by atoms with Gasteiger partial charge in [-0.25, -0.2) is 0 Å². The number of rotatable bonds is 3. The summed E-state index contributed by atoms with van der Waals surface area (Å²) in [7, 11) is 0. The van der Waals surface area contributed by atoms with Crippen LogP contribution in [0.1, 0.15) is 30.0 Å². The van der Waals surface area contributed by atoms with Crippen LogP contribution in [0.15, 0.2) is 18.2 Å². The van der Waals surface area contributed by atoms with E-state index in [1.165, 1.54) is 5.56 Å². The zero-order valence-corrected chi connectivity index (χ0v) is 10.7. The molecule has 0 bridgehead atoms. The first kappa shape index (κ1) is 14.1. The number of benzene rings is 1. The van der Waals surface area contributed by atoms with Gasteiger partial charge in [-0.2, -0.15) is 13.2 Å². The molecular formula is C14H16F3NO. The molecule has 2 N–H and O–H groups in total. The van der Waals surface area contributed by atoms with E-state index in [9.17, 15) is 18.0 Å². The van der Waals surface area contributed by atoms with Gasteiger partial charge in [0.15, 0.2) is 11.3 Å². The molecule has 0 radical (unpaired) electrons. The molecule has 1 aromatic rings. The van der Waals surface area contributed by atoms with Crippen molar-refractivity contribution >= 4 is 5.78 Å². The topological polar surface area (TPSA) is 43.1 Å². The number of aryl methyl sites for hydroxylation is 2. The molecule has 0 spiro atoms. The van der Waals surface area contributed by atoms with Gasteiger partial charge in [-0.1, -0.05) is 18.2 Å². The lowest BCUT2D eigenvalue weighted by molar-refractivity contribution is -0.185. The maximum atomic E-state index is 12.7. The molecule has 2 rings (SSSR count). The molecule has 1 aromatic carbocycles. The molecule has 1 unspecified atom stereocenters. The van der Waals surface area contributed by atoms with Gasteiger partial charge in [0.25, 0.3) is 0 Å². The van der Waals surface area contributed by atoms with Gasteiger partial charge in [0.1, 0.15) is 0 Å². The van der Waals surface area contributed by atoms with Crippen LogP contribution in [-0.4, -0.2) is 17.5 Å². The number of fused-ring (bicyclic) bond motifs is 1. The van der Waals surface area contributed by atoms with Crippen LogP contribution in [0.2, 0.25) is 0 Å². The van der Waals surface area contributed by atoms with Gasteiger partial charge in [-0.3, -0.25) is 4.79 Å². The highest BCUT2D eigenvalue weighted by atomic mass is 19.4. The monoisotopic (exact) mass is 271 g/mol. The van der Waals surface area contributed by atoms with Crippen LogP contribution in [0.5, 0.6) is 0 Å². The molecule has 19 heavy (non-hydrogen) atoms. The zero-order valence-electron chi connectivity index (χ0n) is 10.7. The summed E-state index contributed by atoms with van der Waals surface area (Å²) in [4.78, 5) is 11.7. The van der Waals surface area contributed by atoms with Gasteiger partial charge in [-0.15, -0.1) is 0 Å². The van der Waals surface area contributed by atoms with E-state index in [-0.39, 0.29) is 6.42 Å². The molecule has 0 aromatic heterocycles. The van der Waals surface area contributed by atoms with E-state index in [0.717, 1.165) is 31.7 Å². The Morgan fingerprint density at radius 2 is 1.89 bits per heavy atom. The Hall–Kier alpha value is -1.36. The first-order chi connectivity index (χ1) is 8.72. The zero-order chi connectivity index (χ0) is 14.3. The summed E-state index contributed by atoms with van der Waals surface area (Å²) in [6.07, 6.45) is -2.01. The van der Waals surface area contributed by atoms with Gasteiger partial charge < -0.3 is 5.73 Å². The van der Waals surface area contributed by atoms with Crippen molar-refractivity contribution in [2.24, 2.45) is 5.73 Å². The Balaban J connectivity index is 2.16. The average Bonchev–Trinajstić information content (AvgIpc) is 2.74. The molecule has 104 valence electrons. The summed E-state index contributed by atoms with van der Waals surface area (Å²) in [6, 6.07) is 5.44. The standard InChI is InChI=1S/C14H16F3NO/c1-13(18,14(15,16)17)12(19)8-9-5-6-10-3-2-4-11(10)7-9/h5-7H,2-4,8,18H2,1H3. The van der Waals surface area contributed by atoms with E-state index in [1.54, 1.807) is 6.07 Å². The molecular weight excluding hydrogens is 255 g/mol. The summed E-state index contributed by atoms with van der Waals surface area (Å²) in [5, 5.41) is 0. The maximum absolute atomic E-state index is 12.7. The lowest BCUT2D eigenvalue weighted by atomic mass is 9.91. The summed E-state index contributed by atoms with van der Waals surface area (Å²) in [5.74, 6) is -1.00. The fourth-order valence-electron chi connectivity index (χ4n) is 2.26.